The second-order valence-electron chi connectivity index (χ2n) is 5.13. The molecule has 0 heterocycles. The van der Waals surface area contributed by atoms with Crippen molar-refractivity contribution in [2.75, 3.05) is 18.5 Å². The minimum Gasteiger partial charge on any atom is -0.462 e. The Hall–Kier alpha value is -2.93. The molecule has 2 aromatic carbocycles. The summed E-state index contributed by atoms with van der Waals surface area (Å²) in [6, 6.07) is 9.92. The van der Waals surface area contributed by atoms with Crippen molar-refractivity contribution in [1.82, 2.24) is 5.32 Å². The third-order valence-corrected chi connectivity index (χ3v) is 3.59. The third-order valence-electron chi connectivity index (χ3n) is 3.28. The number of halogens is 2. The van der Waals surface area contributed by atoms with E-state index in [1.165, 1.54) is 36.4 Å². The molecule has 0 radical (unpaired) electrons. The molecule has 0 fully saturated rings. The van der Waals surface area contributed by atoms with Gasteiger partial charge in [0.05, 0.1) is 29.3 Å². The topological polar surface area (TPSA) is 84.5 Å². The maximum atomic E-state index is 13.6. The molecule has 0 aliphatic rings. The van der Waals surface area contributed by atoms with Gasteiger partial charge in [0.1, 0.15) is 5.82 Å². The van der Waals surface area contributed by atoms with E-state index in [0.29, 0.717) is 11.3 Å². The molecule has 136 valence electrons. The molecule has 2 rings (SSSR count). The number of amides is 2. The number of carbonyl (C=O) groups excluding carboxylic acids is 3. The van der Waals surface area contributed by atoms with Crippen molar-refractivity contribution in [3.8, 4) is 0 Å². The van der Waals surface area contributed by atoms with Crippen molar-refractivity contribution in [1.29, 1.82) is 0 Å². The van der Waals surface area contributed by atoms with E-state index in [0.717, 1.165) is 6.07 Å². The number of hydrogen-bond acceptors (Lipinski definition) is 4. The van der Waals surface area contributed by atoms with Gasteiger partial charge in [0.15, 0.2) is 0 Å². The van der Waals surface area contributed by atoms with Crippen LogP contribution in [0.15, 0.2) is 42.5 Å². The molecule has 2 aromatic rings. The molecule has 6 nitrogen and oxygen atoms in total. The average molecular weight is 379 g/mol. The number of hydrogen-bond donors (Lipinski definition) is 2. The summed E-state index contributed by atoms with van der Waals surface area (Å²) in [4.78, 5) is 35.4. The van der Waals surface area contributed by atoms with Crippen LogP contribution in [0.5, 0.6) is 0 Å². The molecule has 0 saturated carbocycles. The molecular formula is C18H16ClFN2O4. The Bertz CT molecular complexity index is 804. The summed E-state index contributed by atoms with van der Waals surface area (Å²) in [7, 11) is 0. The van der Waals surface area contributed by atoms with Gasteiger partial charge in [-0.05, 0) is 43.3 Å². The molecule has 0 atom stereocenters. The summed E-state index contributed by atoms with van der Waals surface area (Å²) < 4.78 is 18.5. The maximum absolute atomic E-state index is 13.6. The molecule has 0 saturated heterocycles. The van der Waals surface area contributed by atoms with Crippen molar-refractivity contribution in [2.45, 2.75) is 6.92 Å². The normalized spacial score (nSPS) is 10.1. The Balaban J connectivity index is 1.91. The molecule has 0 aromatic heterocycles. The van der Waals surface area contributed by atoms with Crippen molar-refractivity contribution in [3.05, 3.63) is 64.4 Å². The molecule has 8 heteroatoms. The Kier molecular flexibility index (Phi) is 6.68. The second-order valence-corrected chi connectivity index (χ2v) is 5.53. The van der Waals surface area contributed by atoms with Gasteiger partial charge in [-0.1, -0.05) is 17.7 Å². The Morgan fingerprint density at radius 3 is 2.42 bits per heavy atom. The highest BCUT2D eigenvalue weighted by molar-refractivity contribution is 6.33. The van der Waals surface area contributed by atoms with Crippen LogP contribution < -0.4 is 10.6 Å². The van der Waals surface area contributed by atoms with Crippen LogP contribution in [0, 0.1) is 5.82 Å². The number of anilines is 1. The summed E-state index contributed by atoms with van der Waals surface area (Å²) in [5, 5.41) is 4.80. The minimum atomic E-state index is -0.791. The summed E-state index contributed by atoms with van der Waals surface area (Å²) in [5.41, 5.74) is 0.467. The van der Waals surface area contributed by atoms with E-state index >= 15 is 0 Å². The van der Waals surface area contributed by atoms with E-state index in [1.54, 1.807) is 6.92 Å². The number of nitrogens with one attached hydrogen (secondary N) is 2. The zero-order chi connectivity index (χ0) is 19.1. The lowest BCUT2D eigenvalue weighted by Gasteiger charge is -2.09. The molecule has 2 N–H and O–H groups in total. The molecule has 0 spiro atoms. The lowest BCUT2D eigenvalue weighted by molar-refractivity contribution is -0.115. The maximum Gasteiger partial charge on any atom is 0.338 e. The van der Waals surface area contributed by atoms with E-state index in [9.17, 15) is 18.8 Å². The van der Waals surface area contributed by atoms with Crippen molar-refractivity contribution >= 4 is 35.1 Å². The standard InChI is InChI=1S/C18H16ClFN2O4/c1-2-26-18(25)11-6-8-12(9-7-11)22-15(23)10-21-17(24)16-13(19)4-3-5-14(16)20/h3-9H,2,10H2,1H3,(H,21,24)(H,22,23). The van der Waals surface area contributed by atoms with Gasteiger partial charge in [0.25, 0.3) is 5.91 Å². The highest BCUT2D eigenvalue weighted by atomic mass is 35.5. The number of benzene rings is 2. The van der Waals surface area contributed by atoms with Crippen LogP contribution in [0.1, 0.15) is 27.6 Å². The van der Waals surface area contributed by atoms with E-state index in [-0.39, 0.29) is 23.7 Å². The second kappa shape index (κ2) is 8.96. The van der Waals surface area contributed by atoms with Crippen molar-refractivity contribution in [3.63, 3.8) is 0 Å². The highest BCUT2D eigenvalue weighted by Crippen LogP contribution is 2.18. The number of esters is 1. The quantitative estimate of drug-likeness (QED) is 0.757. The predicted molar refractivity (Wildman–Crippen MR) is 94.8 cm³/mol. The fourth-order valence-corrected chi connectivity index (χ4v) is 2.32. The monoisotopic (exact) mass is 378 g/mol. The van der Waals surface area contributed by atoms with Crippen molar-refractivity contribution in [2.24, 2.45) is 0 Å². The Morgan fingerprint density at radius 1 is 1.12 bits per heavy atom. The fourth-order valence-electron chi connectivity index (χ4n) is 2.07. The third kappa shape index (κ3) is 5.03. The van der Waals surface area contributed by atoms with Crippen LogP contribution >= 0.6 is 11.6 Å². The number of ether oxygens (including phenoxy) is 1. The van der Waals surface area contributed by atoms with Crippen LogP contribution in [-0.4, -0.2) is 30.9 Å². The largest absolute Gasteiger partial charge is 0.462 e. The van der Waals surface area contributed by atoms with Gasteiger partial charge in [-0.2, -0.15) is 0 Å². The molecule has 0 aliphatic carbocycles. The summed E-state index contributed by atoms with van der Waals surface area (Å²) >= 11 is 5.79. The molecule has 0 aliphatic heterocycles. The number of carbonyl (C=O) groups is 3. The average Bonchev–Trinajstić information content (AvgIpc) is 2.60. The lowest BCUT2D eigenvalue weighted by atomic mass is 10.2. The predicted octanol–water partition coefficient (Wildman–Crippen LogP) is 3.02. The van der Waals surface area contributed by atoms with E-state index in [2.05, 4.69) is 10.6 Å². The number of rotatable bonds is 6. The van der Waals surface area contributed by atoms with E-state index in [1.807, 2.05) is 0 Å². The zero-order valence-corrected chi connectivity index (χ0v) is 14.6. The van der Waals surface area contributed by atoms with E-state index < -0.39 is 23.6 Å². The first kappa shape index (κ1) is 19.4. The van der Waals surface area contributed by atoms with Gasteiger partial charge < -0.3 is 15.4 Å². The lowest BCUT2D eigenvalue weighted by Crippen LogP contribution is -2.33. The molecule has 2 amide bonds. The van der Waals surface area contributed by atoms with Crippen LogP contribution in [0.3, 0.4) is 0 Å². The van der Waals surface area contributed by atoms with Gasteiger partial charge >= 0.3 is 5.97 Å². The van der Waals surface area contributed by atoms with Gasteiger partial charge in [0.2, 0.25) is 5.91 Å². The summed E-state index contributed by atoms with van der Waals surface area (Å²) in [6.45, 7) is 1.60. The van der Waals surface area contributed by atoms with Gasteiger partial charge in [0, 0.05) is 5.69 Å². The molecular weight excluding hydrogens is 363 g/mol. The summed E-state index contributed by atoms with van der Waals surface area (Å²) in [5.74, 6) is -2.54. The molecule has 0 bridgehead atoms. The molecule has 0 unspecified atom stereocenters. The zero-order valence-electron chi connectivity index (χ0n) is 13.8. The minimum absolute atomic E-state index is 0.0440. The SMILES string of the molecule is CCOC(=O)c1ccc(NC(=O)CNC(=O)c2c(F)cccc2Cl)cc1. The van der Waals surface area contributed by atoms with Gasteiger partial charge in [-0.25, -0.2) is 9.18 Å². The van der Waals surface area contributed by atoms with Crippen molar-refractivity contribution < 1.29 is 23.5 Å². The highest BCUT2D eigenvalue weighted by Gasteiger charge is 2.16. The first-order valence-electron chi connectivity index (χ1n) is 7.71. The Labute approximate surface area is 154 Å². The molecule has 26 heavy (non-hydrogen) atoms. The van der Waals surface area contributed by atoms with Gasteiger partial charge in [-0.3, -0.25) is 9.59 Å². The van der Waals surface area contributed by atoms with Crippen LogP contribution in [0.25, 0.3) is 0 Å². The first-order chi connectivity index (χ1) is 12.4. The van der Waals surface area contributed by atoms with E-state index in [4.69, 9.17) is 16.3 Å². The smallest absolute Gasteiger partial charge is 0.338 e. The van der Waals surface area contributed by atoms with Crippen LogP contribution in [0.2, 0.25) is 5.02 Å². The van der Waals surface area contributed by atoms with Crippen LogP contribution in [0.4, 0.5) is 10.1 Å². The summed E-state index contributed by atoms with van der Waals surface area (Å²) in [6.07, 6.45) is 0. The fraction of sp³-hybridized carbons (Fsp3) is 0.167. The van der Waals surface area contributed by atoms with Crippen LogP contribution in [-0.2, 0) is 9.53 Å². The van der Waals surface area contributed by atoms with Gasteiger partial charge in [-0.15, -0.1) is 0 Å². The first-order valence-corrected chi connectivity index (χ1v) is 8.09. The Morgan fingerprint density at radius 2 is 1.81 bits per heavy atom.